The first-order valence-corrected chi connectivity index (χ1v) is 14.2. The number of benzene rings is 2. The fraction of sp³-hybridized carbons (Fsp3) is 0.346. The van der Waals surface area contributed by atoms with Gasteiger partial charge < -0.3 is 5.32 Å². The van der Waals surface area contributed by atoms with Crippen molar-refractivity contribution in [3.8, 4) is 5.13 Å². The Morgan fingerprint density at radius 3 is 2.32 bits per heavy atom. The Labute approximate surface area is 220 Å². The zero-order valence-electron chi connectivity index (χ0n) is 21.4. The fourth-order valence-corrected chi connectivity index (χ4v) is 6.64. The predicted molar refractivity (Wildman–Crippen MR) is 144 cm³/mol. The van der Waals surface area contributed by atoms with E-state index in [0.717, 1.165) is 0 Å². The van der Waals surface area contributed by atoms with Gasteiger partial charge in [-0.1, -0.05) is 45.1 Å². The Balaban J connectivity index is 1.57. The van der Waals surface area contributed by atoms with E-state index in [-0.39, 0.29) is 22.2 Å². The van der Waals surface area contributed by atoms with Gasteiger partial charge in [0.05, 0.1) is 15.3 Å². The van der Waals surface area contributed by atoms with Gasteiger partial charge in [-0.3, -0.25) is 4.79 Å². The highest BCUT2D eigenvalue weighted by Gasteiger charge is 2.26. The van der Waals surface area contributed by atoms with Crippen molar-refractivity contribution in [1.82, 2.24) is 19.1 Å². The van der Waals surface area contributed by atoms with E-state index in [0.29, 0.717) is 40.0 Å². The van der Waals surface area contributed by atoms with Crippen molar-refractivity contribution in [2.24, 2.45) is 11.8 Å². The first-order valence-electron chi connectivity index (χ1n) is 12.0. The lowest BCUT2D eigenvalue weighted by atomic mass is 10.2. The highest BCUT2D eigenvalue weighted by atomic mass is 32.2. The van der Waals surface area contributed by atoms with Crippen molar-refractivity contribution < 1.29 is 17.6 Å². The van der Waals surface area contributed by atoms with Crippen LogP contribution >= 0.6 is 11.3 Å². The van der Waals surface area contributed by atoms with Crippen LogP contribution in [0.15, 0.2) is 53.4 Å². The quantitative estimate of drug-likeness (QED) is 0.301. The molecule has 0 aliphatic carbocycles. The van der Waals surface area contributed by atoms with Gasteiger partial charge in [0.1, 0.15) is 17.2 Å². The Morgan fingerprint density at radius 1 is 1.08 bits per heavy atom. The van der Waals surface area contributed by atoms with Gasteiger partial charge in [-0.05, 0) is 55.2 Å². The van der Waals surface area contributed by atoms with Crippen LogP contribution in [0.5, 0.6) is 0 Å². The van der Waals surface area contributed by atoms with Gasteiger partial charge in [-0.15, -0.1) is 0 Å². The second-order valence-electron chi connectivity index (χ2n) is 9.75. The van der Waals surface area contributed by atoms with E-state index in [1.54, 1.807) is 25.1 Å². The molecular formula is C26H30FN5O3S2. The summed E-state index contributed by atoms with van der Waals surface area (Å²) in [5.74, 6) is -0.125. The van der Waals surface area contributed by atoms with Crippen LogP contribution in [0.25, 0.3) is 15.3 Å². The normalized spacial score (nSPS) is 12.2. The van der Waals surface area contributed by atoms with Crippen LogP contribution in [0.2, 0.25) is 0 Å². The summed E-state index contributed by atoms with van der Waals surface area (Å²) in [4.78, 5) is 17.5. The van der Waals surface area contributed by atoms with Gasteiger partial charge in [0.2, 0.25) is 15.2 Å². The van der Waals surface area contributed by atoms with Gasteiger partial charge in [0, 0.05) is 24.7 Å². The summed E-state index contributed by atoms with van der Waals surface area (Å²) < 4.78 is 44.3. The third kappa shape index (κ3) is 5.89. The molecule has 2 aromatic heterocycles. The molecule has 8 nitrogen and oxygen atoms in total. The molecule has 4 rings (SSSR count). The third-order valence-electron chi connectivity index (χ3n) is 5.50. The summed E-state index contributed by atoms with van der Waals surface area (Å²) in [5.41, 5.74) is 1.18. The zero-order chi connectivity index (χ0) is 26.9. The van der Waals surface area contributed by atoms with Crippen LogP contribution < -0.4 is 5.32 Å². The molecule has 1 amide bonds. The van der Waals surface area contributed by atoms with Crippen molar-refractivity contribution in [2.45, 2.75) is 39.5 Å². The number of carbonyl (C=O) groups excluding carboxylic acids is 1. The Hall–Kier alpha value is -3.15. The largest absolute Gasteiger partial charge is 0.306 e. The summed E-state index contributed by atoms with van der Waals surface area (Å²) in [6.45, 7) is 10.5. The number of fused-ring (bicyclic) bond motifs is 1. The maximum atomic E-state index is 14.1. The molecule has 0 saturated heterocycles. The van der Waals surface area contributed by atoms with Crippen LogP contribution in [0, 0.1) is 24.6 Å². The van der Waals surface area contributed by atoms with Gasteiger partial charge in [-0.25, -0.2) is 17.8 Å². The molecule has 2 heterocycles. The van der Waals surface area contributed by atoms with Crippen molar-refractivity contribution >= 4 is 43.3 Å². The van der Waals surface area contributed by atoms with Crippen LogP contribution in [0.1, 0.15) is 43.7 Å². The molecule has 0 atom stereocenters. The predicted octanol–water partition coefficient (Wildman–Crippen LogP) is 5.48. The molecule has 0 unspecified atom stereocenters. The summed E-state index contributed by atoms with van der Waals surface area (Å²) in [7, 11) is -3.70. The number of carbonyl (C=O) groups is 1. The average Bonchev–Trinajstić information content (AvgIpc) is 3.42. The Morgan fingerprint density at radius 2 is 1.73 bits per heavy atom. The molecule has 0 bridgehead atoms. The van der Waals surface area contributed by atoms with Gasteiger partial charge in [-0.2, -0.15) is 14.1 Å². The average molecular weight is 544 g/mol. The number of aromatic nitrogens is 3. The van der Waals surface area contributed by atoms with Gasteiger partial charge >= 0.3 is 0 Å². The van der Waals surface area contributed by atoms with Crippen LogP contribution in [0.3, 0.4) is 0 Å². The second kappa shape index (κ2) is 10.7. The third-order valence-corrected chi connectivity index (χ3v) is 8.35. The van der Waals surface area contributed by atoms with Crippen molar-refractivity contribution in [3.63, 3.8) is 0 Å². The van der Waals surface area contributed by atoms with E-state index in [4.69, 9.17) is 0 Å². The number of para-hydroxylation sites is 1. The minimum atomic E-state index is -3.70. The minimum absolute atomic E-state index is 0.141. The molecule has 0 aliphatic rings. The lowest BCUT2D eigenvalue weighted by molar-refractivity contribution is 0.102. The van der Waals surface area contributed by atoms with Gasteiger partial charge in [0.15, 0.2) is 0 Å². The number of aryl methyl sites for hydroxylation is 1. The Kier molecular flexibility index (Phi) is 7.77. The number of rotatable bonds is 9. The summed E-state index contributed by atoms with van der Waals surface area (Å²) >= 11 is 1.26. The molecule has 196 valence electrons. The van der Waals surface area contributed by atoms with E-state index in [2.05, 4.69) is 15.4 Å². The molecule has 11 heteroatoms. The topological polar surface area (TPSA) is 97.2 Å². The maximum Gasteiger partial charge on any atom is 0.256 e. The summed E-state index contributed by atoms with van der Waals surface area (Å²) in [6.07, 6.45) is 0. The SMILES string of the molecule is Cc1cc(NC(=O)c2ccc(S(=O)(=O)N(CC(C)C)CC(C)C)cc2)n(-c2nc3c(F)cccc3s2)n1. The van der Waals surface area contributed by atoms with E-state index in [1.165, 1.54) is 50.7 Å². The zero-order valence-corrected chi connectivity index (χ0v) is 23.0. The molecule has 4 aromatic rings. The number of hydrogen-bond acceptors (Lipinski definition) is 6. The number of nitrogens with one attached hydrogen (secondary N) is 1. The molecule has 0 radical (unpaired) electrons. The van der Waals surface area contributed by atoms with E-state index in [9.17, 15) is 17.6 Å². The molecule has 0 spiro atoms. The van der Waals surface area contributed by atoms with Crippen molar-refractivity contribution in [1.29, 1.82) is 0 Å². The monoisotopic (exact) mass is 543 g/mol. The number of halogens is 1. The molecule has 0 saturated carbocycles. The highest BCUT2D eigenvalue weighted by molar-refractivity contribution is 7.89. The molecule has 37 heavy (non-hydrogen) atoms. The molecule has 0 aliphatic heterocycles. The Bertz CT molecular complexity index is 1520. The highest BCUT2D eigenvalue weighted by Crippen LogP contribution is 2.29. The van der Waals surface area contributed by atoms with E-state index in [1.807, 2.05) is 27.7 Å². The summed E-state index contributed by atoms with van der Waals surface area (Å²) in [5, 5.41) is 7.64. The number of amides is 1. The first-order chi connectivity index (χ1) is 17.5. The first kappa shape index (κ1) is 26.9. The van der Waals surface area contributed by atoms with Crippen LogP contribution in [-0.2, 0) is 10.0 Å². The molecule has 2 aromatic carbocycles. The van der Waals surface area contributed by atoms with Crippen molar-refractivity contribution in [2.75, 3.05) is 18.4 Å². The molecule has 0 fully saturated rings. The number of anilines is 1. The van der Waals surface area contributed by atoms with Crippen LogP contribution in [0.4, 0.5) is 10.2 Å². The molecular weight excluding hydrogens is 513 g/mol. The van der Waals surface area contributed by atoms with Crippen molar-refractivity contribution in [3.05, 3.63) is 65.6 Å². The number of hydrogen-bond donors (Lipinski definition) is 1. The lowest BCUT2D eigenvalue weighted by Gasteiger charge is -2.25. The van der Waals surface area contributed by atoms with E-state index >= 15 is 0 Å². The van der Waals surface area contributed by atoms with Gasteiger partial charge in [0.25, 0.3) is 5.91 Å². The van der Waals surface area contributed by atoms with Crippen LogP contribution in [-0.4, -0.2) is 46.5 Å². The number of nitrogens with zero attached hydrogens (tertiary/aromatic N) is 4. The number of sulfonamides is 1. The smallest absolute Gasteiger partial charge is 0.256 e. The number of thiazole rings is 1. The fourth-order valence-electron chi connectivity index (χ4n) is 3.93. The second-order valence-corrected chi connectivity index (χ2v) is 12.7. The maximum absolute atomic E-state index is 14.1. The molecule has 1 N–H and O–H groups in total. The lowest BCUT2D eigenvalue weighted by Crippen LogP contribution is -2.37. The minimum Gasteiger partial charge on any atom is -0.306 e. The van der Waals surface area contributed by atoms with E-state index < -0.39 is 21.7 Å². The standard InChI is InChI=1S/C26H30FN5O3S2/c1-16(2)14-31(15-17(3)4)37(34,35)20-11-9-19(10-12-20)25(33)28-23-13-18(5)30-32(23)26-29-24-21(27)7-6-8-22(24)36-26/h6-13,16-17H,14-15H2,1-5H3,(H,28,33). The summed E-state index contributed by atoms with van der Waals surface area (Å²) in [6, 6.07) is 12.3.